The van der Waals surface area contributed by atoms with Gasteiger partial charge in [0.05, 0.1) is 6.54 Å². The number of hydrogen-bond acceptors (Lipinski definition) is 3. The summed E-state index contributed by atoms with van der Waals surface area (Å²) in [5, 5.41) is 5.35. The molecule has 124 valence electrons. The minimum Gasteiger partial charge on any atom is -0.350 e. The summed E-state index contributed by atoms with van der Waals surface area (Å²) in [7, 11) is 0. The lowest BCUT2D eigenvalue weighted by Gasteiger charge is -2.22. The van der Waals surface area contributed by atoms with Crippen molar-refractivity contribution in [2.24, 2.45) is 0 Å². The van der Waals surface area contributed by atoms with Crippen LogP contribution in [0.5, 0.6) is 0 Å². The fourth-order valence-electron chi connectivity index (χ4n) is 2.61. The summed E-state index contributed by atoms with van der Waals surface area (Å²) >= 11 is 3.37. The van der Waals surface area contributed by atoms with Gasteiger partial charge in [0.2, 0.25) is 17.7 Å². The molecule has 1 aliphatic rings. The summed E-state index contributed by atoms with van der Waals surface area (Å²) in [5.74, 6) is -0.636. The SMILES string of the molecule is CC(=O)N1CCCC1C(=O)NCC(=O)NCc1cccc(Br)c1. The van der Waals surface area contributed by atoms with E-state index in [0.717, 1.165) is 16.5 Å². The molecule has 1 fully saturated rings. The van der Waals surface area contributed by atoms with Crippen molar-refractivity contribution in [2.45, 2.75) is 32.4 Å². The Morgan fingerprint density at radius 1 is 1.30 bits per heavy atom. The number of halogens is 1. The van der Waals surface area contributed by atoms with E-state index in [2.05, 4.69) is 26.6 Å². The summed E-state index contributed by atoms with van der Waals surface area (Å²) in [5.41, 5.74) is 0.970. The molecule has 0 saturated carbocycles. The number of carbonyl (C=O) groups is 3. The molecule has 6 nitrogen and oxygen atoms in total. The molecule has 3 amide bonds. The van der Waals surface area contributed by atoms with E-state index in [0.29, 0.717) is 19.5 Å². The van der Waals surface area contributed by atoms with Crippen molar-refractivity contribution in [1.29, 1.82) is 0 Å². The molecular formula is C16H20BrN3O3. The molecule has 1 heterocycles. The second-order valence-corrected chi connectivity index (χ2v) is 6.41. The highest BCUT2D eigenvalue weighted by molar-refractivity contribution is 9.10. The molecule has 0 aliphatic carbocycles. The van der Waals surface area contributed by atoms with Crippen molar-refractivity contribution < 1.29 is 14.4 Å². The lowest BCUT2D eigenvalue weighted by molar-refractivity contribution is -0.137. The topological polar surface area (TPSA) is 78.5 Å². The Bertz CT molecular complexity index is 606. The molecule has 1 atom stereocenters. The largest absolute Gasteiger partial charge is 0.350 e. The fourth-order valence-corrected chi connectivity index (χ4v) is 3.06. The first-order valence-electron chi connectivity index (χ1n) is 7.53. The first-order valence-corrected chi connectivity index (χ1v) is 8.32. The van der Waals surface area contributed by atoms with Gasteiger partial charge in [-0.1, -0.05) is 28.1 Å². The first-order chi connectivity index (χ1) is 11.0. The maximum absolute atomic E-state index is 12.1. The van der Waals surface area contributed by atoms with Crippen LogP contribution in [0.1, 0.15) is 25.3 Å². The Labute approximate surface area is 143 Å². The van der Waals surface area contributed by atoms with E-state index in [9.17, 15) is 14.4 Å². The Kier molecular flexibility index (Phi) is 6.15. The summed E-state index contributed by atoms with van der Waals surface area (Å²) in [6.45, 7) is 2.37. The maximum Gasteiger partial charge on any atom is 0.243 e. The van der Waals surface area contributed by atoms with E-state index in [-0.39, 0.29) is 24.3 Å². The number of carbonyl (C=O) groups excluding carboxylic acids is 3. The maximum atomic E-state index is 12.1. The van der Waals surface area contributed by atoms with E-state index in [4.69, 9.17) is 0 Å². The van der Waals surface area contributed by atoms with Crippen LogP contribution in [0.2, 0.25) is 0 Å². The van der Waals surface area contributed by atoms with Gasteiger partial charge in [0.1, 0.15) is 6.04 Å². The van der Waals surface area contributed by atoms with Gasteiger partial charge in [-0.15, -0.1) is 0 Å². The van der Waals surface area contributed by atoms with Crippen LogP contribution < -0.4 is 10.6 Å². The minimum atomic E-state index is -0.453. The summed E-state index contributed by atoms with van der Waals surface area (Å²) < 4.78 is 0.947. The number of benzene rings is 1. The second kappa shape index (κ2) is 8.10. The number of likely N-dealkylation sites (tertiary alicyclic amines) is 1. The standard InChI is InChI=1S/C16H20BrN3O3/c1-11(21)20-7-3-6-14(20)16(23)19-10-15(22)18-9-12-4-2-5-13(17)8-12/h2,4-5,8,14H,3,6-7,9-10H2,1H3,(H,18,22)(H,19,23). The van der Waals surface area contributed by atoms with Crippen LogP contribution in [-0.2, 0) is 20.9 Å². The monoisotopic (exact) mass is 381 g/mol. The van der Waals surface area contributed by atoms with Gasteiger partial charge < -0.3 is 15.5 Å². The van der Waals surface area contributed by atoms with E-state index >= 15 is 0 Å². The molecule has 2 rings (SSSR count). The summed E-state index contributed by atoms with van der Waals surface area (Å²) in [6.07, 6.45) is 1.46. The average Bonchev–Trinajstić information content (AvgIpc) is 3.00. The fraction of sp³-hybridized carbons (Fsp3) is 0.438. The number of hydrogen-bond donors (Lipinski definition) is 2. The predicted octanol–water partition coefficient (Wildman–Crippen LogP) is 1.19. The van der Waals surface area contributed by atoms with E-state index in [1.807, 2.05) is 24.3 Å². The minimum absolute atomic E-state index is 0.0882. The first kappa shape index (κ1) is 17.5. The number of amides is 3. The zero-order valence-electron chi connectivity index (χ0n) is 13.0. The molecule has 0 aromatic heterocycles. The Morgan fingerprint density at radius 2 is 2.09 bits per heavy atom. The zero-order chi connectivity index (χ0) is 16.8. The van der Waals surface area contributed by atoms with Gasteiger partial charge in [-0.25, -0.2) is 0 Å². The summed E-state index contributed by atoms with van der Waals surface area (Å²) in [4.78, 5) is 36.9. The molecule has 0 spiro atoms. The van der Waals surface area contributed by atoms with Gasteiger partial charge in [-0.2, -0.15) is 0 Å². The van der Waals surface area contributed by atoms with Gasteiger partial charge in [0, 0.05) is 24.5 Å². The Morgan fingerprint density at radius 3 is 2.78 bits per heavy atom. The highest BCUT2D eigenvalue weighted by Gasteiger charge is 2.32. The van der Waals surface area contributed by atoms with Crippen molar-refractivity contribution >= 4 is 33.7 Å². The Balaban J connectivity index is 1.75. The lowest BCUT2D eigenvalue weighted by Crippen LogP contribution is -2.47. The molecule has 1 aromatic carbocycles. The normalized spacial score (nSPS) is 17.0. The quantitative estimate of drug-likeness (QED) is 0.803. The van der Waals surface area contributed by atoms with E-state index in [1.165, 1.54) is 6.92 Å². The zero-order valence-corrected chi connectivity index (χ0v) is 14.6. The van der Waals surface area contributed by atoms with Gasteiger partial charge in [-0.3, -0.25) is 14.4 Å². The van der Waals surface area contributed by atoms with E-state index < -0.39 is 6.04 Å². The molecule has 1 aliphatic heterocycles. The predicted molar refractivity (Wildman–Crippen MR) is 89.4 cm³/mol. The van der Waals surface area contributed by atoms with Crippen molar-refractivity contribution in [3.8, 4) is 0 Å². The lowest BCUT2D eigenvalue weighted by atomic mass is 10.2. The molecular weight excluding hydrogens is 362 g/mol. The molecule has 0 bridgehead atoms. The third-order valence-electron chi connectivity index (χ3n) is 3.76. The van der Waals surface area contributed by atoms with Crippen LogP contribution in [0.25, 0.3) is 0 Å². The highest BCUT2D eigenvalue weighted by atomic mass is 79.9. The van der Waals surface area contributed by atoms with Crippen LogP contribution >= 0.6 is 15.9 Å². The molecule has 7 heteroatoms. The van der Waals surface area contributed by atoms with Gasteiger partial charge in [-0.05, 0) is 30.5 Å². The van der Waals surface area contributed by atoms with Gasteiger partial charge >= 0.3 is 0 Å². The van der Waals surface area contributed by atoms with Crippen LogP contribution in [0.4, 0.5) is 0 Å². The van der Waals surface area contributed by atoms with Crippen LogP contribution in [-0.4, -0.2) is 41.8 Å². The Hall–Kier alpha value is -1.89. The molecule has 0 radical (unpaired) electrons. The molecule has 23 heavy (non-hydrogen) atoms. The van der Waals surface area contributed by atoms with Gasteiger partial charge in [0.25, 0.3) is 0 Å². The highest BCUT2D eigenvalue weighted by Crippen LogP contribution is 2.17. The number of nitrogens with one attached hydrogen (secondary N) is 2. The molecule has 1 saturated heterocycles. The molecule has 1 unspecified atom stereocenters. The smallest absolute Gasteiger partial charge is 0.243 e. The number of rotatable bonds is 5. The van der Waals surface area contributed by atoms with Crippen molar-refractivity contribution in [1.82, 2.24) is 15.5 Å². The van der Waals surface area contributed by atoms with Gasteiger partial charge in [0.15, 0.2) is 0 Å². The third kappa shape index (κ3) is 5.06. The van der Waals surface area contributed by atoms with Crippen molar-refractivity contribution in [2.75, 3.05) is 13.1 Å². The van der Waals surface area contributed by atoms with Crippen LogP contribution in [0.3, 0.4) is 0 Å². The molecule has 1 aromatic rings. The van der Waals surface area contributed by atoms with Crippen molar-refractivity contribution in [3.63, 3.8) is 0 Å². The van der Waals surface area contributed by atoms with Crippen LogP contribution in [0.15, 0.2) is 28.7 Å². The van der Waals surface area contributed by atoms with Crippen molar-refractivity contribution in [3.05, 3.63) is 34.3 Å². The number of nitrogens with zero attached hydrogens (tertiary/aromatic N) is 1. The summed E-state index contributed by atoms with van der Waals surface area (Å²) in [6, 6.07) is 7.18. The van der Waals surface area contributed by atoms with E-state index in [1.54, 1.807) is 4.90 Å². The molecule has 2 N–H and O–H groups in total. The second-order valence-electron chi connectivity index (χ2n) is 5.49. The average molecular weight is 382 g/mol. The van der Waals surface area contributed by atoms with Crippen LogP contribution in [0, 0.1) is 0 Å². The third-order valence-corrected chi connectivity index (χ3v) is 4.26.